The molecule has 1 aromatic heterocycles. The van der Waals surface area contributed by atoms with Crippen LogP contribution in [-0.2, 0) is 6.54 Å². The molecule has 0 atom stereocenters. The van der Waals surface area contributed by atoms with Crippen molar-refractivity contribution in [3.05, 3.63) is 53.1 Å². The topological polar surface area (TPSA) is 87.2 Å². The van der Waals surface area contributed by atoms with Gasteiger partial charge < -0.3 is 5.32 Å². The summed E-state index contributed by atoms with van der Waals surface area (Å²) in [4.78, 5) is 0. The monoisotopic (exact) mass is 509 g/mol. The normalized spacial score (nSPS) is 11.8. The number of thioether (sulfide) groups is 1. The Morgan fingerprint density at radius 1 is 0.829 bits per heavy atom. The lowest BCUT2D eigenvalue weighted by molar-refractivity contribution is 0.572. The third-order valence-electron chi connectivity index (χ3n) is 5.57. The van der Waals surface area contributed by atoms with Gasteiger partial charge in [0.2, 0.25) is 0 Å². The third-order valence-corrected chi connectivity index (χ3v) is 7.36. The number of unbranched alkanes of at least 4 members (excludes halogenated alkanes) is 5. The van der Waals surface area contributed by atoms with Gasteiger partial charge in [0.1, 0.15) is 0 Å². The smallest absolute Gasteiger partial charge is 0.252 e. The van der Waals surface area contributed by atoms with E-state index in [0.29, 0.717) is 5.13 Å². The predicted octanol–water partition coefficient (Wildman–Crippen LogP) is 9.16. The van der Waals surface area contributed by atoms with E-state index in [-0.39, 0.29) is 0 Å². The Labute approximate surface area is 217 Å². The molecule has 3 aromatic rings. The fourth-order valence-electron chi connectivity index (χ4n) is 3.48. The summed E-state index contributed by atoms with van der Waals surface area (Å²) in [5.41, 5.74) is 5.69. The summed E-state index contributed by atoms with van der Waals surface area (Å²) in [6.45, 7) is 8.21. The highest BCUT2D eigenvalue weighted by molar-refractivity contribution is 8.00. The van der Waals surface area contributed by atoms with Crippen LogP contribution in [0.1, 0.15) is 62.1 Å². The van der Waals surface area contributed by atoms with Crippen molar-refractivity contribution in [3.63, 3.8) is 0 Å². The van der Waals surface area contributed by atoms with Crippen molar-refractivity contribution >= 4 is 45.3 Å². The summed E-state index contributed by atoms with van der Waals surface area (Å²) in [7, 11) is 0. The van der Waals surface area contributed by atoms with Gasteiger partial charge in [0.25, 0.3) is 5.13 Å². The molecule has 0 aliphatic carbocycles. The Hall–Kier alpha value is -2.49. The van der Waals surface area contributed by atoms with Crippen LogP contribution in [0.4, 0.5) is 22.2 Å². The zero-order valence-corrected chi connectivity index (χ0v) is 22.8. The summed E-state index contributed by atoms with van der Waals surface area (Å²) in [6, 6.07) is 12.2. The van der Waals surface area contributed by atoms with Crippen LogP contribution in [0.3, 0.4) is 0 Å². The summed E-state index contributed by atoms with van der Waals surface area (Å²) in [5.74, 6) is 0. The molecular formula is C26H35N7S2. The molecule has 0 aliphatic heterocycles. The molecule has 0 saturated heterocycles. The number of nitrogens with one attached hydrogen (secondary N) is 1. The highest BCUT2D eigenvalue weighted by Crippen LogP contribution is 2.32. The second-order valence-corrected chi connectivity index (χ2v) is 10.5. The fourth-order valence-corrected chi connectivity index (χ4v) is 4.56. The highest BCUT2D eigenvalue weighted by Gasteiger charge is 2.06. The molecular weight excluding hydrogens is 474 g/mol. The van der Waals surface area contributed by atoms with Crippen molar-refractivity contribution < 1.29 is 0 Å². The molecule has 0 fully saturated rings. The molecule has 7 nitrogen and oxygen atoms in total. The highest BCUT2D eigenvalue weighted by atomic mass is 32.2. The first-order chi connectivity index (χ1) is 17.1. The van der Waals surface area contributed by atoms with Crippen molar-refractivity contribution in [1.29, 1.82) is 0 Å². The third kappa shape index (κ3) is 9.23. The molecule has 186 valence electrons. The second kappa shape index (κ2) is 14.8. The SMILES string of the molecule is CCCCCCCCNCc1ccc(/N=N/c2cc(C)c(/N=N/c3nnc(SC)s3)cc2C)cc1. The van der Waals surface area contributed by atoms with Crippen LogP contribution >= 0.6 is 23.1 Å². The number of benzene rings is 2. The molecule has 0 amide bonds. The largest absolute Gasteiger partial charge is 0.313 e. The lowest BCUT2D eigenvalue weighted by atomic mass is 10.1. The van der Waals surface area contributed by atoms with Gasteiger partial charge in [-0.2, -0.15) is 10.2 Å². The van der Waals surface area contributed by atoms with Crippen LogP contribution in [0.5, 0.6) is 0 Å². The van der Waals surface area contributed by atoms with Crippen LogP contribution in [0.2, 0.25) is 0 Å². The van der Waals surface area contributed by atoms with E-state index in [4.69, 9.17) is 0 Å². The summed E-state index contributed by atoms with van der Waals surface area (Å²) in [6.07, 6.45) is 9.91. The lowest BCUT2D eigenvalue weighted by Gasteiger charge is -2.06. The standard InChI is InChI=1S/C26H35N7S2/c1-5-6-7-8-9-10-15-27-18-21-11-13-22(14-12-21)28-29-23-16-20(3)24(17-19(23)2)30-31-25-32-33-26(34-4)35-25/h11-14,16-17,27H,5-10,15,18H2,1-4H3/b29-28+,31-30+. The number of aryl methyl sites for hydroxylation is 2. The van der Waals surface area contributed by atoms with Crippen molar-refractivity contribution in [2.24, 2.45) is 20.5 Å². The Balaban J connectivity index is 1.50. The Morgan fingerprint density at radius 3 is 2.14 bits per heavy atom. The summed E-state index contributed by atoms with van der Waals surface area (Å²) < 4.78 is 0.875. The van der Waals surface area contributed by atoms with Crippen molar-refractivity contribution in [1.82, 2.24) is 15.5 Å². The van der Waals surface area contributed by atoms with E-state index in [9.17, 15) is 0 Å². The van der Waals surface area contributed by atoms with Gasteiger partial charge in [-0.05, 0) is 74.0 Å². The number of hydrogen-bond donors (Lipinski definition) is 1. The minimum atomic E-state index is 0.552. The van der Waals surface area contributed by atoms with Crippen LogP contribution < -0.4 is 5.32 Å². The molecule has 9 heteroatoms. The molecule has 0 radical (unpaired) electrons. The maximum atomic E-state index is 4.47. The summed E-state index contributed by atoms with van der Waals surface area (Å²) in [5, 5.41) is 29.6. The molecule has 2 aromatic carbocycles. The maximum Gasteiger partial charge on any atom is 0.252 e. The van der Waals surface area contributed by atoms with E-state index < -0.39 is 0 Å². The van der Waals surface area contributed by atoms with Crippen LogP contribution in [0.15, 0.2) is 61.2 Å². The van der Waals surface area contributed by atoms with E-state index >= 15 is 0 Å². The maximum absolute atomic E-state index is 4.47. The van der Waals surface area contributed by atoms with Gasteiger partial charge in [0.15, 0.2) is 4.34 Å². The molecule has 0 aliphatic rings. The molecule has 3 rings (SSSR count). The molecule has 0 saturated carbocycles. The van der Waals surface area contributed by atoms with E-state index in [1.807, 2.05) is 44.4 Å². The van der Waals surface area contributed by atoms with Crippen LogP contribution in [0.25, 0.3) is 0 Å². The molecule has 0 bridgehead atoms. The van der Waals surface area contributed by atoms with Crippen LogP contribution in [-0.4, -0.2) is 23.0 Å². The predicted molar refractivity (Wildman–Crippen MR) is 147 cm³/mol. The first-order valence-electron chi connectivity index (χ1n) is 12.2. The fraction of sp³-hybridized carbons (Fsp3) is 0.462. The van der Waals surface area contributed by atoms with Gasteiger partial charge >= 0.3 is 0 Å². The quantitative estimate of drug-likeness (QED) is 0.133. The Kier molecular flexibility index (Phi) is 11.5. The molecule has 1 N–H and O–H groups in total. The van der Waals surface area contributed by atoms with Gasteiger partial charge in [0, 0.05) is 6.54 Å². The van der Waals surface area contributed by atoms with Crippen LogP contribution in [0, 0.1) is 13.8 Å². The average molecular weight is 510 g/mol. The van der Waals surface area contributed by atoms with Gasteiger partial charge in [-0.15, -0.1) is 20.4 Å². The number of aromatic nitrogens is 2. The molecule has 1 heterocycles. The first-order valence-corrected chi connectivity index (χ1v) is 14.2. The zero-order chi connectivity index (χ0) is 24.9. The van der Waals surface area contributed by atoms with Gasteiger partial charge in [-0.3, -0.25) is 0 Å². The van der Waals surface area contributed by atoms with Gasteiger partial charge in [-0.1, -0.05) is 74.3 Å². The zero-order valence-electron chi connectivity index (χ0n) is 21.1. The Morgan fingerprint density at radius 2 is 1.49 bits per heavy atom. The van der Waals surface area contributed by atoms with E-state index in [0.717, 1.165) is 45.6 Å². The molecule has 0 unspecified atom stereocenters. The van der Waals surface area contributed by atoms with Crippen molar-refractivity contribution in [2.75, 3.05) is 12.8 Å². The molecule has 0 spiro atoms. The van der Waals surface area contributed by atoms with Gasteiger partial charge in [-0.25, -0.2) is 0 Å². The summed E-state index contributed by atoms with van der Waals surface area (Å²) >= 11 is 2.97. The number of rotatable bonds is 14. The van der Waals surface area contributed by atoms with Gasteiger partial charge in [0.05, 0.1) is 17.1 Å². The number of hydrogen-bond acceptors (Lipinski definition) is 9. The van der Waals surface area contributed by atoms with E-state index in [1.54, 1.807) is 11.8 Å². The first kappa shape index (κ1) is 27.1. The number of nitrogens with zero attached hydrogens (tertiary/aromatic N) is 6. The Bertz CT molecular complexity index is 1110. The van der Waals surface area contributed by atoms with Crippen molar-refractivity contribution in [2.45, 2.75) is 70.2 Å². The number of azo groups is 2. The van der Waals surface area contributed by atoms with Crippen molar-refractivity contribution in [3.8, 4) is 0 Å². The van der Waals surface area contributed by atoms with E-state index in [2.05, 4.69) is 55.0 Å². The van der Waals surface area contributed by atoms with E-state index in [1.165, 1.54) is 55.4 Å². The molecule has 35 heavy (non-hydrogen) atoms. The lowest BCUT2D eigenvalue weighted by Crippen LogP contribution is -2.14. The minimum absolute atomic E-state index is 0.552. The average Bonchev–Trinajstić information content (AvgIpc) is 3.34. The minimum Gasteiger partial charge on any atom is -0.313 e. The second-order valence-electron chi connectivity index (χ2n) is 8.49.